The van der Waals surface area contributed by atoms with Crippen molar-refractivity contribution in [3.05, 3.63) is 107 Å². The Kier molecular flexibility index (Phi) is 15.5. The fraction of sp³-hybridized carbons (Fsp3) is 0.455. The van der Waals surface area contributed by atoms with Crippen LogP contribution in [-0.4, -0.2) is 135 Å². The third-order valence-electron chi connectivity index (χ3n) is 14.9. The standard InChI is InChI=1S/C55H63F2N11O6/c1-4-74-42-29-44(51-39(30-58)32-60-68(51)34-42)37-10-16-48(59-31-37)65-21-18-55(19-22-65,62-52(71)45-28-40(56)11-14-46(45)57)35-67(36(2)3)50(70)9-7-5-6-8-20-63-23-25-64(26-24-63)41-12-13-43-38(27-41)33-66(54(43)73)47-15-17-49(69)61-53(47)72/h10-14,16,27-29,31-32,34,36,47H,4-9,15,17-26,33,35H2,1-3H3,(H,62,71)(H,61,69,72). The highest BCUT2D eigenvalue weighted by atomic mass is 19.1. The molecule has 388 valence electrons. The number of piperidine rings is 2. The molecular weight excluding hydrogens is 949 g/mol. The number of carbonyl (C=O) groups is 5. The average Bonchev–Trinajstić information content (AvgIpc) is 3.97. The first-order valence-electron chi connectivity index (χ1n) is 25.8. The van der Waals surface area contributed by atoms with Crippen LogP contribution in [0.25, 0.3) is 16.6 Å². The SMILES string of the molecule is CCOc1cc(-c2ccc(N3CCC(CN(C(=O)CCCCCCN4CCN(c5ccc6c(c5)CN(C5CCC(=O)NC5=O)C6=O)CC4)C(C)C)(NC(=O)c4cc(F)ccc4F)CC3)nc2)c2c(C#N)cnn2c1. The summed E-state index contributed by atoms with van der Waals surface area (Å²) in [6, 6.07) is 15.8. The monoisotopic (exact) mass is 1010 g/mol. The van der Waals surface area contributed by atoms with E-state index >= 15 is 0 Å². The van der Waals surface area contributed by atoms with Gasteiger partial charge in [0.25, 0.3) is 11.8 Å². The van der Waals surface area contributed by atoms with Gasteiger partial charge >= 0.3 is 0 Å². The van der Waals surface area contributed by atoms with Gasteiger partial charge in [-0.05, 0) is 120 Å². The van der Waals surface area contributed by atoms with Crippen LogP contribution in [0, 0.1) is 23.0 Å². The normalized spacial score (nSPS) is 17.9. The number of halogens is 2. The second kappa shape index (κ2) is 22.3. The van der Waals surface area contributed by atoms with Crippen LogP contribution >= 0.6 is 0 Å². The Morgan fingerprint density at radius 2 is 1.72 bits per heavy atom. The molecule has 19 heteroatoms. The molecule has 9 rings (SSSR count). The van der Waals surface area contributed by atoms with E-state index in [0.717, 1.165) is 92.6 Å². The zero-order chi connectivity index (χ0) is 52.1. The number of benzene rings is 2. The van der Waals surface area contributed by atoms with Crippen molar-refractivity contribution in [2.75, 3.05) is 68.8 Å². The number of hydrogen-bond donors (Lipinski definition) is 2. The molecule has 0 radical (unpaired) electrons. The number of nitriles is 1. The summed E-state index contributed by atoms with van der Waals surface area (Å²) >= 11 is 0. The molecule has 0 aliphatic carbocycles. The highest BCUT2D eigenvalue weighted by molar-refractivity contribution is 6.05. The van der Waals surface area contributed by atoms with Crippen molar-refractivity contribution in [1.29, 1.82) is 5.26 Å². The average molecular weight is 1010 g/mol. The first-order chi connectivity index (χ1) is 35.7. The maximum absolute atomic E-state index is 15.0. The molecule has 4 aliphatic heterocycles. The molecule has 7 heterocycles. The van der Waals surface area contributed by atoms with Gasteiger partial charge in [-0.3, -0.25) is 34.2 Å². The summed E-state index contributed by atoms with van der Waals surface area (Å²) in [6.45, 7) is 12.1. The number of anilines is 2. The van der Waals surface area contributed by atoms with Gasteiger partial charge in [0.2, 0.25) is 17.7 Å². The molecule has 3 saturated heterocycles. The van der Waals surface area contributed by atoms with Gasteiger partial charge in [-0.1, -0.05) is 12.8 Å². The molecule has 17 nitrogen and oxygen atoms in total. The Bertz CT molecular complexity index is 2960. The van der Waals surface area contributed by atoms with Crippen LogP contribution < -0.4 is 25.2 Å². The number of aromatic nitrogens is 3. The van der Waals surface area contributed by atoms with Crippen LogP contribution in [0.5, 0.6) is 5.75 Å². The van der Waals surface area contributed by atoms with E-state index in [1.165, 1.54) is 6.20 Å². The van der Waals surface area contributed by atoms with Crippen LogP contribution in [0.1, 0.15) is 110 Å². The number of fused-ring (bicyclic) bond motifs is 2. The lowest BCUT2D eigenvalue weighted by molar-refractivity contribution is -0.137. The van der Waals surface area contributed by atoms with E-state index in [2.05, 4.69) is 42.6 Å². The lowest BCUT2D eigenvalue weighted by Gasteiger charge is -2.46. The molecule has 2 N–H and O–H groups in total. The van der Waals surface area contributed by atoms with Crippen molar-refractivity contribution in [2.45, 2.75) is 103 Å². The molecule has 5 aromatic rings. The molecule has 0 saturated carbocycles. The molecular formula is C55H63F2N11O6. The number of rotatable bonds is 18. The predicted molar refractivity (Wildman–Crippen MR) is 273 cm³/mol. The zero-order valence-corrected chi connectivity index (χ0v) is 42.2. The lowest BCUT2D eigenvalue weighted by atomic mass is 9.85. The second-order valence-electron chi connectivity index (χ2n) is 20.1. The summed E-state index contributed by atoms with van der Waals surface area (Å²) < 4.78 is 36.7. The summed E-state index contributed by atoms with van der Waals surface area (Å²) in [5.41, 5.74) is 3.79. The van der Waals surface area contributed by atoms with Gasteiger partial charge in [0.05, 0.1) is 41.2 Å². The molecule has 0 spiro atoms. The van der Waals surface area contributed by atoms with E-state index in [0.29, 0.717) is 86.6 Å². The van der Waals surface area contributed by atoms with Gasteiger partial charge in [0, 0.05) is 99.8 Å². The number of unbranched alkanes of at least 4 members (excludes halogenated alkanes) is 3. The number of piperazine rings is 1. The molecule has 1 unspecified atom stereocenters. The minimum Gasteiger partial charge on any atom is -0.492 e. The van der Waals surface area contributed by atoms with E-state index < -0.39 is 40.6 Å². The highest BCUT2D eigenvalue weighted by Crippen LogP contribution is 2.35. The number of imide groups is 1. The molecule has 0 bridgehead atoms. The number of nitrogens with one attached hydrogen (secondary N) is 2. The Morgan fingerprint density at radius 1 is 0.932 bits per heavy atom. The van der Waals surface area contributed by atoms with Gasteiger partial charge in [-0.25, -0.2) is 18.3 Å². The third-order valence-corrected chi connectivity index (χ3v) is 14.9. The summed E-state index contributed by atoms with van der Waals surface area (Å²) in [4.78, 5) is 80.3. The maximum atomic E-state index is 15.0. The van der Waals surface area contributed by atoms with Crippen molar-refractivity contribution in [2.24, 2.45) is 0 Å². The smallest absolute Gasteiger partial charge is 0.255 e. The number of hydrogen-bond acceptors (Lipinski definition) is 12. The zero-order valence-electron chi connectivity index (χ0n) is 42.2. The number of amides is 5. The fourth-order valence-corrected chi connectivity index (χ4v) is 10.8. The van der Waals surface area contributed by atoms with E-state index in [9.17, 15) is 38.0 Å². The van der Waals surface area contributed by atoms with Crippen molar-refractivity contribution in [3.63, 3.8) is 0 Å². The van der Waals surface area contributed by atoms with Crippen molar-refractivity contribution in [1.82, 2.24) is 39.9 Å². The molecule has 4 aliphatic rings. The summed E-state index contributed by atoms with van der Waals surface area (Å²) in [7, 11) is 0. The van der Waals surface area contributed by atoms with Gasteiger partial charge in [-0.2, -0.15) is 10.4 Å². The molecule has 3 fully saturated rings. The number of pyridine rings is 2. The third kappa shape index (κ3) is 11.2. The second-order valence-corrected chi connectivity index (χ2v) is 20.1. The van der Waals surface area contributed by atoms with Crippen molar-refractivity contribution < 1.29 is 37.5 Å². The summed E-state index contributed by atoms with van der Waals surface area (Å²) in [5.74, 6) is -1.92. The Balaban J connectivity index is 0.772. The largest absolute Gasteiger partial charge is 0.492 e. The van der Waals surface area contributed by atoms with Gasteiger partial charge in [0.1, 0.15) is 35.3 Å². The molecule has 3 aromatic heterocycles. The van der Waals surface area contributed by atoms with E-state index in [1.807, 2.05) is 51.1 Å². The van der Waals surface area contributed by atoms with E-state index in [-0.39, 0.29) is 36.7 Å². The van der Waals surface area contributed by atoms with Crippen LogP contribution in [0.15, 0.2) is 73.2 Å². The highest BCUT2D eigenvalue weighted by Gasteiger charge is 2.41. The minimum atomic E-state index is -0.949. The summed E-state index contributed by atoms with van der Waals surface area (Å²) in [5, 5.41) is 19.6. The van der Waals surface area contributed by atoms with Crippen LogP contribution in [0.4, 0.5) is 20.3 Å². The minimum absolute atomic E-state index is 0.0266. The predicted octanol–water partition coefficient (Wildman–Crippen LogP) is 6.48. The van der Waals surface area contributed by atoms with E-state index in [1.54, 1.807) is 26.7 Å². The fourth-order valence-electron chi connectivity index (χ4n) is 10.8. The van der Waals surface area contributed by atoms with Crippen molar-refractivity contribution >= 4 is 46.6 Å². The molecule has 2 aromatic carbocycles. The van der Waals surface area contributed by atoms with Gasteiger partial charge in [-0.15, -0.1) is 0 Å². The number of carbonyl (C=O) groups excluding carboxylic acids is 5. The molecule has 1 atom stereocenters. The van der Waals surface area contributed by atoms with Gasteiger partial charge < -0.3 is 29.7 Å². The first-order valence-corrected chi connectivity index (χ1v) is 25.8. The topological polar surface area (TPSA) is 189 Å². The van der Waals surface area contributed by atoms with Crippen LogP contribution in [0.2, 0.25) is 0 Å². The Labute approximate surface area is 429 Å². The lowest BCUT2D eigenvalue weighted by Crippen LogP contribution is -2.62. The quantitative estimate of drug-likeness (QED) is 0.0719. The van der Waals surface area contributed by atoms with E-state index in [4.69, 9.17) is 9.72 Å². The maximum Gasteiger partial charge on any atom is 0.255 e. The Morgan fingerprint density at radius 3 is 2.43 bits per heavy atom. The van der Waals surface area contributed by atoms with Crippen LogP contribution in [-0.2, 0) is 20.9 Å². The molecule has 5 amide bonds. The van der Waals surface area contributed by atoms with Crippen LogP contribution in [0.3, 0.4) is 0 Å². The van der Waals surface area contributed by atoms with Gasteiger partial charge in [0.15, 0.2) is 0 Å². The number of ether oxygens (including phenoxy) is 1. The summed E-state index contributed by atoms with van der Waals surface area (Å²) in [6.07, 6.45) is 10.3. The van der Waals surface area contributed by atoms with Crippen molar-refractivity contribution in [3.8, 4) is 22.9 Å². The Hall–Kier alpha value is -7.46. The number of nitrogens with zero attached hydrogens (tertiary/aromatic N) is 9. The molecule has 74 heavy (non-hydrogen) atoms. The first kappa shape index (κ1) is 51.4.